The summed E-state index contributed by atoms with van der Waals surface area (Å²) in [5, 5.41) is 15.2. The van der Waals surface area contributed by atoms with Gasteiger partial charge in [0, 0.05) is 18.5 Å². The second-order valence-corrected chi connectivity index (χ2v) is 13.5. The Bertz CT molecular complexity index is 2070. The van der Waals surface area contributed by atoms with E-state index in [9.17, 15) is 9.59 Å². The highest BCUT2D eigenvalue weighted by atomic mass is 32.1. The molecule has 2 unspecified atom stereocenters. The van der Waals surface area contributed by atoms with E-state index < -0.39 is 6.04 Å². The maximum Gasteiger partial charge on any atom is 0.333 e. The van der Waals surface area contributed by atoms with E-state index in [-0.39, 0.29) is 37.0 Å². The van der Waals surface area contributed by atoms with E-state index in [1.54, 1.807) is 18.3 Å². The third-order valence-electron chi connectivity index (χ3n) is 9.45. The summed E-state index contributed by atoms with van der Waals surface area (Å²) in [5.41, 5.74) is 10.6. The molecule has 49 heavy (non-hydrogen) atoms. The van der Waals surface area contributed by atoms with Crippen LogP contribution in [0.25, 0.3) is 21.1 Å². The number of H-pyrrole nitrogens is 1. The molecule has 5 aromatic rings. The molecule has 0 radical (unpaired) electrons. The maximum absolute atomic E-state index is 14.6. The molecule has 4 atom stereocenters. The third kappa shape index (κ3) is 5.91. The number of carbonyl (C=O) groups is 2. The van der Waals surface area contributed by atoms with E-state index in [2.05, 4.69) is 37.4 Å². The number of rotatable bonds is 9. The fourth-order valence-electron chi connectivity index (χ4n) is 7.03. The van der Waals surface area contributed by atoms with Gasteiger partial charge in [0.15, 0.2) is 5.13 Å². The Hall–Kier alpha value is -5.20. The second-order valence-electron chi connectivity index (χ2n) is 12.4. The van der Waals surface area contributed by atoms with E-state index >= 15 is 0 Å². The van der Waals surface area contributed by atoms with E-state index in [4.69, 9.17) is 21.6 Å². The summed E-state index contributed by atoms with van der Waals surface area (Å²) < 4.78 is 12.4. The molecule has 250 valence electrons. The van der Waals surface area contributed by atoms with Crippen molar-refractivity contribution < 1.29 is 19.1 Å². The quantitative estimate of drug-likeness (QED) is 0.158. The lowest BCUT2D eigenvalue weighted by molar-refractivity contribution is -0.174. The number of ether oxygens (including phenoxy) is 2. The van der Waals surface area contributed by atoms with Crippen molar-refractivity contribution >= 4 is 49.5 Å². The summed E-state index contributed by atoms with van der Waals surface area (Å²) in [6.07, 6.45) is 7.28. The number of terminal acetylenes is 1. The number of fused-ring (bicyclic) bond motifs is 5. The first-order valence-electron chi connectivity index (χ1n) is 16.1. The largest absolute Gasteiger partial charge is 0.497 e. The number of benzene rings is 3. The number of aromatic nitrogens is 3. The van der Waals surface area contributed by atoms with Crippen LogP contribution in [0.1, 0.15) is 16.7 Å². The SMILES string of the molecule is C#CCN(C(=O)NCc1ccc(OC)cc1)N1CC2OC2N2[C@@H](Cc3ccc4[nH]ncc4c3)C(=O)N(Cc3cccc4sc(N)nc34)C[C@@H]21. The Balaban J connectivity index is 1.12. The number of carbonyl (C=O) groups excluding carboxylic acids is 2. The van der Waals surface area contributed by atoms with Gasteiger partial charge in [0.05, 0.1) is 54.7 Å². The highest BCUT2D eigenvalue weighted by Crippen LogP contribution is 2.41. The summed E-state index contributed by atoms with van der Waals surface area (Å²) in [7, 11) is 1.61. The predicted molar refractivity (Wildman–Crippen MR) is 185 cm³/mol. The average molecular weight is 678 g/mol. The van der Waals surface area contributed by atoms with Crippen LogP contribution >= 0.6 is 11.3 Å². The van der Waals surface area contributed by atoms with Crippen molar-refractivity contribution in [3.63, 3.8) is 0 Å². The van der Waals surface area contributed by atoms with Gasteiger partial charge in [0.25, 0.3) is 0 Å². The molecule has 4 N–H and O–H groups in total. The molecule has 14 heteroatoms. The molecule has 8 rings (SSSR count). The molecule has 5 heterocycles. The van der Waals surface area contributed by atoms with Crippen LogP contribution in [0.15, 0.2) is 66.9 Å². The summed E-state index contributed by atoms with van der Waals surface area (Å²) in [5.74, 6) is 3.39. The van der Waals surface area contributed by atoms with Crippen LogP contribution in [0, 0.1) is 12.3 Å². The number of methoxy groups -OCH3 is 1. The number of epoxide rings is 1. The van der Waals surface area contributed by atoms with Crippen LogP contribution < -0.4 is 15.8 Å². The van der Waals surface area contributed by atoms with Crippen molar-refractivity contribution in [2.45, 2.75) is 44.0 Å². The number of hydrogen-bond donors (Lipinski definition) is 3. The summed E-state index contributed by atoms with van der Waals surface area (Å²) in [6.45, 7) is 1.47. The smallest absolute Gasteiger partial charge is 0.333 e. The van der Waals surface area contributed by atoms with Crippen LogP contribution in [-0.4, -0.2) is 98.2 Å². The van der Waals surface area contributed by atoms with Gasteiger partial charge < -0.3 is 25.4 Å². The van der Waals surface area contributed by atoms with Gasteiger partial charge in [-0.2, -0.15) is 10.1 Å². The Labute approximate surface area is 286 Å². The summed E-state index contributed by atoms with van der Waals surface area (Å²) in [6, 6.07) is 18.6. The number of piperazine rings is 1. The Morgan fingerprint density at radius 1 is 1.20 bits per heavy atom. The minimum atomic E-state index is -0.560. The Morgan fingerprint density at radius 2 is 2.04 bits per heavy atom. The first kappa shape index (κ1) is 31.1. The van der Waals surface area contributed by atoms with Crippen molar-refractivity contribution in [2.24, 2.45) is 0 Å². The van der Waals surface area contributed by atoms with Crippen LogP contribution in [-0.2, 0) is 29.0 Å². The summed E-state index contributed by atoms with van der Waals surface area (Å²) in [4.78, 5) is 37.0. The number of nitrogens with two attached hydrogens (primary N) is 1. The topological polar surface area (TPSA) is 148 Å². The molecule has 0 aliphatic carbocycles. The van der Waals surface area contributed by atoms with Gasteiger partial charge in [0.2, 0.25) is 5.91 Å². The minimum absolute atomic E-state index is 0.0210. The number of amides is 3. The molecule has 0 bridgehead atoms. The molecule has 3 aliphatic heterocycles. The second kappa shape index (κ2) is 12.7. The zero-order chi connectivity index (χ0) is 33.6. The molecular weight excluding hydrogens is 643 g/mol. The zero-order valence-corrected chi connectivity index (χ0v) is 27.6. The Kier molecular flexibility index (Phi) is 8.04. The van der Waals surface area contributed by atoms with Crippen molar-refractivity contribution in [3.05, 3.63) is 83.6 Å². The van der Waals surface area contributed by atoms with Gasteiger partial charge in [-0.1, -0.05) is 47.6 Å². The molecule has 3 aromatic carbocycles. The Morgan fingerprint density at radius 3 is 2.86 bits per heavy atom. The van der Waals surface area contributed by atoms with Crippen molar-refractivity contribution in [2.75, 3.05) is 32.5 Å². The number of nitrogens with one attached hydrogen (secondary N) is 2. The highest BCUT2D eigenvalue weighted by Gasteiger charge is 2.60. The van der Waals surface area contributed by atoms with Gasteiger partial charge in [-0.25, -0.2) is 19.7 Å². The highest BCUT2D eigenvalue weighted by molar-refractivity contribution is 7.22. The zero-order valence-electron chi connectivity index (χ0n) is 26.8. The lowest BCUT2D eigenvalue weighted by Gasteiger charge is -2.53. The molecule has 0 spiro atoms. The number of nitrogens with zero attached hydrogens (tertiary/aromatic N) is 6. The van der Waals surface area contributed by atoms with Gasteiger partial charge in [0.1, 0.15) is 24.2 Å². The number of aromatic amines is 1. The van der Waals surface area contributed by atoms with E-state index in [1.807, 2.05) is 64.5 Å². The fraction of sp³-hybridized carbons (Fsp3) is 0.314. The van der Waals surface area contributed by atoms with Crippen LogP contribution in [0.3, 0.4) is 0 Å². The number of thiazole rings is 1. The molecule has 3 amide bonds. The van der Waals surface area contributed by atoms with E-state index in [0.29, 0.717) is 37.7 Å². The van der Waals surface area contributed by atoms with Crippen molar-refractivity contribution in [1.29, 1.82) is 0 Å². The van der Waals surface area contributed by atoms with Gasteiger partial charge in [-0.3, -0.25) is 9.89 Å². The van der Waals surface area contributed by atoms with E-state index in [0.717, 1.165) is 43.6 Å². The minimum Gasteiger partial charge on any atom is -0.497 e. The summed E-state index contributed by atoms with van der Waals surface area (Å²) >= 11 is 1.42. The predicted octanol–water partition coefficient (Wildman–Crippen LogP) is 3.15. The van der Waals surface area contributed by atoms with Crippen LogP contribution in [0.5, 0.6) is 5.75 Å². The number of hydrogen-bond acceptors (Lipinski definition) is 10. The van der Waals surface area contributed by atoms with Gasteiger partial charge in [-0.15, -0.1) is 6.42 Å². The standard InChI is InChI=1S/C35H35N9O4S/c1-3-13-42(35(46)37-16-21-7-10-25(47-2)11-8-21)43-19-28-33(48-28)44-27(15-22-9-12-26-24(14-22)17-38-40-26)32(45)41(20-30(43)44)18-23-5-4-6-29-31(23)39-34(36)49-29/h1,4-12,14,17,27-28,30,33H,13,15-16,18-20H2,2H3,(H2,36,39)(H,37,46)(H,38,40)/t27-,28?,30+,33?/m0/s1. The van der Waals surface area contributed by atoms with Crippen molar-refractivity contribution in [3.8, 4) is 18.1 Å². The first-order valence-corrected chi connectivity index (χ1v) is 16.9. The van der Waals surface area contributed by atoms with Gasteiger partial charge >= 0.3 is 6.03 Å². The molecule has 13 nitrogen and oxygen atoms in total. The molecular formula is C35H35N9O4S. The third-order valence-corrected chi connectivity index (χ3v) is 10.3. The number of anilines is 1. The normalized spacial score (nSPS) is 22.0. The number of hydrazine groups is 1. The van der Waals surface area contributed by atoms with Crippen LogP contribution in [0.2, 0.25) is 0 Å². The lowest BCUT2D eigenvalue weighted by Crippen LogP contribution is -2.73. The number of nitrogen functional groups attached to an aromatic ring is 1. The van der Waals surface area contributed by atoms with Crippen molar-refractivity contribution in [1.82, 2.24) is 40.3 Å². The number of para-hydroxylation sites is 1. The van der Waals surface area contributed by atoms with E-state index in [1.165, 1.54) is 11.3 Å². The van der Waals surface area contributed by atoms with Crippen LogP contribution in [0.4, 0.5) is 9.93 Å². The lowest BCUT2D eigenvalue weighted by atomic mass is 9.97. The fourth-order valence-corrected chi connectivity index (χ4v) is 7.81. The number of urea groups is 1. The van der Waals surface area contributed by atoms with Gasteiger partial charge in [-0.05, 0) is 53.4 Å². The molecule has 2 aromatic heterocycles. The monoisotopic (exact) mass is 677 g/mol. The molecule has 3 fully saturated rings. The molecule has 3 aliphatic rings. The molecule has 3 saturated heterocycles. The maximum atomic E-state index is 14.6. The average Bonchev–Trinajstić information content (AvgIpc) is 3.54. The first-order chi connectivity index (χ1) is 23.9. The molecule has 0 saturated carbocycles.